The number of carbonyl (C=O) groups is 2. The van der Waals surface area contributed by atoms with Gasteiger partial charge in [-0.2, -0.15) is 0 Å². The smallest absolute Gasteiger partial charge is 0.338 e. The van der Waals surface area contributed by atoms with Crippen LogP contribution in [0.3, 0.4) is 0 Å². The molecule has 0 bridgehead atoms. The molecule has 1 aromatic carbocycles. The second-order valence-corrected chi connectivity index (χ2v) is 2.79. The molecule has 1 aromatic rings. The molecule has 0 saturated carbocycles. The lowest BCUT2D eigenvalue weighted by atomic mass is 10.1. The van der Waals surface area contributed by atoms with Gasteiger partial charge in [0, 0.05) is 5.56 Å². The van der Waals surface area contributed by atoms with Crippen LogP contribution in [0.2, 0.25) is 0 Å². The van der Waals surface area contributed by atoms with Crippen molar-refractivity contribution in [2.45, 2.75) is 6.92 Å². The van der Waals surface area contributed by atoms with Crippen LogP contribution in [-0.2, 0) is 4.74 Å². The summed E-state index contributed by atoms with van der Waals surface area (Å²) in [6.45, 7) is 1.98. The van der Waals surface area contributed by atoms with Crippen LogP contribution in [0.4, 0.5) is 0 Å². The molecule has 0 atom stereocenters. The number of hydrogen-bond acceptors (Lipinski definition) is 4. The fourth-order valence-corrected chi connectivity index (χ4v) is 1.15. The Morgan fingerprint density at radius 2 is 2.20 bits per heavy atom. The molecule has 1 rings (SSSR count). The normalized spacial score (nSPS) is 9.47. The molecule has 80 valence electrons. The van der Waals surface area contributed by atoms with E-state index in [1.807, 2.05) is 0 Å². The predicted molar refractivity (Wildman–Crippen MR) is 54.3 cm³/mol. The lowest BCUT2D eigenvalue weighted by Gasteiger charge is -2.06. The van der Waals surface area contributed by atoms with E-state index in [1.54, 1.807) is 13.0 Å². The molecule has 0 spiro atoms. The summed E-state index contributed by atoms with van der Waals surface area (Å²) >= 11 is 0. The van der Waals surface area contributed by atoms with Crippen molar-refractivity contribution in [1.82, 2.24) is 0 Å². The SMILES string of the molecule is CCOC(=O)c1cc(OC)ccc1C=O. The molecule has 0 aliphatic rings. The highest BCUT2D eigenvalue weighted by atomic mass is 16.5. The highest BCUT2D eigenvalue weighted by molar-refractivity contribution is 5.98. The minimum absolute atomic E-state index is 0.228. The first kappa shape index (κ1) is 11.2. The molecule has 0 heterocycles. The van der Waals surface area contributed by atoms with Gasteiger partial charge < -0.3 is 9.47 Å². The van der Waals surface area contributed by atoms with Crippen molar-refractivity contribution in [3.05, 3.63) is 29.3 Å². The third-order valence-electron chi connectivity index (χ3n) is 1.88. The van der Waals surface area contributed by atoms with Gasteiger partial charge >= 0.3 is 5.97 Å². The largest absolute Gasteiger partial charge is 0.497 e. The first-order valence-corrected chi connectivity index (χ1v) is 4.53. The van der Waals surface area contributed by atoms with Gasteiger partial charge in [0.25, 0.3) is 0 Å². The highest BCUT2D eigenvalue weighted by Crippen LogP contribution is 2.17. The molecular formula is C11H12O4. The van der Waals surface area contributed by atoms with Gasteiger partial charge in [0.1, 0.15) is 5.75 Å². The summed E-state index contributed by atoms with van der Waals surface area (Å²) in [5, 5.41) is 0. The Hall–Kier alpha value is -1.84. The van der Waals surface area contributed by atoms with E-state index in [-0.39, 0.29) is 12.2 Å². The van der Waals surface area contributed by atoms with Gasteiger partial charge in [-0.15, -0.1) is 0 Å². The third-order valence-corrected chi connectivity index (χ3v) is 1.88. The lowest BCUT2D eigenvalue weighted by molar-refractivity contribution is 0.0524. The molecule has 0 aliphatic heterocycles. The number of rotatable bonds is 4. The van der Waals surface area contributed by atoms with Crippen molar-refractivity contribution >= 4 is 12.3 Å². The van der Waals surface area contributed by atoms with E-state index in [2.05, 4.69) is 0 Å². The fourth-order valence-electron chi connectivity index (χ4n) is 1.15. The number of ether oxygens (including phenoxy) is 2. The fraction of sp³-hybridized carbons (Fsp3) is 0.273. The van der Waals surface area contributed by atoms with Crippen LogP contribution in [0.25, 0.3) is 0 Å². The second-order valence-electron chi connectivity index (χ2n) is 2.79. The molecule has 0 fully saturated rings. The van der Waals surface area contributed by atoms with E-state index < -0.39 is 5.97 Å². The van der Waals surface area contributed by atoms with Crippen molar-refractivity contribution in [3.8, 4) is 5.75 Å². The average molecular weight is 208 g/mol. The number of carbonyl (C=O) groups excluding carboxylic acids is 2. The second kappa shape index (κ2) is 5.14. The average Bonchev–Trinajstić information content (AvgIpc) is 2.28. The van der Waals surface area contributed by atoms with Crippen molar-refractivity contribution in [3.63, 3.8) is 0 Å². The van der Waals surface area contributed by atoms with Crippen LogP contribution in [0.15, 0.2) is 18.2 Å². The van der Waals surface area contributed by atoms with E-state index in [0.717, 1.165) is 0 Å². The topological polar surface area (TPSA) is 52.6 Å². The van der Waals surface area contributed by atoms with Crippen molar-refractivity contribution in [2.24, 2.45) is 0 Å². The first-order valence-electron chi connectivity index (χ1n) is 4.53. The lowest BCUT2D eigenvalue weighted by Crippen LogP contribution is -2.08. The molecule has 0 amide bonds. The maximum Gasteiger partial charge on any atom is 0.338 e. The van der Waals surface area contributed by atoms with E-state index in [4.69, 9.17) is 9.47 Å². The Morgan fingerprint density at radius 3 is 2.73 bits per heavy atom. The van der Waals surface area contributed by atoms with Gasteiger partial charge in [0.2, 0.25) is 0 Å². The molecule has 0 radical (unpaired) electrons. The molecule has 0 aliphatic carbocycles. The van der Waals surface area contributed by atoms with E-state index in [9.17, 15) is 9.59 Å². The number of hydrogen-bond donors (Lipinski definition) is 0. The number of methoxy groups -OCH3 is 1. The Bertz CT molecular complexity index is 371. The van der Waals surface area contributed by atoms with Crippen LogP contribution in [0.5, 0.6) is 5.75 Å². The third kappa shape index (κ3) is 2.56. The summed E-state index contributed by atoms with van der Waals surface area (Å²) in [7, 11) is 1.49. The molecule has 0 aromatic heterocycles. The van der Waals surface area contributed by atoms with Crippen LogP contribution in [-0.4, -0.2) is 26.0 Å². The summed E-state index contributed by atoms with van der Waals surface area (Å²) in [6.07, 6.45) is 0.617. The van der Waals surface area contributed by atoms with Gasteiger partial charge in [0.15, 0.2) is 6.29 Å². The van der Waals surface area contributed by atoms with Crippen LogP contribution in [0, 0.1) is 0 Å². The summed E-state index contributed by atoms with van der Waals surface area (Å²) in [5.74, 6) is 0.00199. The summed E-state index contributed by atoms with van der Waals surface area (Å²) in [4.78, 5) is 22.1. The zero-order chi connectivity index (χ0) is 11.3. The van der Waals surface area contributed by atoms with Crippen molar-refractivity contribution in [1.29, 1.82) is 0 Å². The monoisotopic (exact) mass is 208 g/mol. The van der Waals surface area contributed by atoms with Crippen LogP contribution < -0.4 is 4.74 Å². The molecule has 0 unspecified atom stereocenters. The van der Waals surface area contributed by atoms with Crippen LogP contribution >= 0.6 is 0 Å². The standard InChI is InChI=1S/C11H12O4/c1-3-15-11(13)10-6-9(14-2)5-4-8(10)7-12/h4-7H,3H2,1-2H3. The zero-order valence-electron chi connectivity index (χ0n) is 8.65. The van der Waals surface area contributed by atoms with Gasteiger partial charge in [-0.3, -0.25) is 4.79 Å². The van der Waals surface area contributed by atoms with Gasteiger partial charge in [-0.1, -0.05) is 0 Å². The molecule has 4 heteroatoms. The molecule has 0 saturated heterocycles. The first-order chi connectivity index (χ1) is 7.22. The van der Waals surface area contributed by atoms with Crippen molar-refractivity contribution in [2.75, 3.05) is 13.7 Å². The van der Waals surface area contributed by atoms with Gasteiger partial charge in [-0.25, -0.2) is 4.79 Å². The van der Waals surface area contributed by atoms with E-state index in [1.165, 1.54) is 19.2 Å². The maximum atomic E-state index is 11.5. The molecule has 0 N–H and O–H groups in total. The van der Waals surface area contributed by atoms with Gasteiger partial charge in [-0.05, 0) is 25.1 Å². The minimum Gasteiger partial charge on any atom is -0.497 e. The molecule has 15 heavy (non-hydrogen) atoms. The number of esters is 1. The highest BCUT2D eigenvalue weighted by Gasteiger charge is 2.12. The van der Waals surface area contributed by atoms with Crippen molar-refractivity contribution < 1.29 is 19.1 Å². The Kier molecular flexibility index (Phi) is 3.85. The summed E-state index contributed by atoms with van der Waals surface area (Å²) < 4.78 is 9.78. The Morgan fingerprint density at radius 1 is 1.47 bits per heavy atom. The van der Waals surface area contributed by atoms with Crippen LogP contribution in [0.1, 0.15) is 27.6 Å². The molecular weight excluding hydrogens is 196 g/mol. The predicted octanol–water partition coefficient (Wildman–Crippen LogP) is 1.68. The minimum atomic E-state index is -0.515. The zero-order valence-corrected chi connectivity index (χ0v) is 8.65. The number of aldehydes is 1. The molecule has 4 nitrogen and oxygen atoms in total. The summed E-state index contributed by atoms with van der Waals surface area (Å²) in [6, 6.07) is 4.63. The van der Waals surface area contributed by atoms with E-state index in [0.29, 0.717) is 17.6 Å². The summed E-state index contributed by atoms with van der Waals surface area (Å²) in [5.41, 5.74) is 0.528. The quantitative estimate of drug-likeness (QED) is 0.558. The maximum absolute atomic E-state index is 11.5. The number of benzene rings is 1. The van der Waals surface area contributed by atoms with E-state index >= 15 is 0 Å². The Balaban J connectivity index is 3.11. The Labute approximate surface area is 87.8 Å². The van der Waals surface area contributed by atoms with Gasteiger partial charge in [0.05, 0.1) is 19.3 Å².